The minimum absolute atomic E-state index is 0.268. The SMILES string of the molecule is COc1cc(-c2ccc3c(c2)COc2nc(N4CCN(C(=O)OC(C)(C)C)CC4)ccc2-3)cnn1. The van der Waals surface area contributed by atoms with Crippen molar-refractivity contribution in [2.24, 2.45) is 0 Å². The number of amides is 1. The molecule has 3 aromatic rings. The lowest BCUT2D eigenvalue weighted by Crippen LogP contribution is -2.50. The summed E-state index contributed by atoms with van der Waals surface area (Å²) in [5, 5.41) is 7.95. The first kappa shape index (κ1) is 22.9. The van der Waals surface area contributed by atoms with Gasteiger partial charge >= 0.3 is 6.09 Å². The van der Waals surface area contributed by atoms with E-state index in [1.165, 1.54) is 0 Å². The van der Waals surface area contributed by atoms with Gasteiger partial charge in [-0.2, -0.15) is 10.1 Å². The number of fused-ring (bicyclic) bond motifs is 3. The van der Waals surface area contributed by atoms with Crippen molar-refractivity contribution in [3.8, 4) is 34.0 Å². The zero-order chi connectivity index (χ0) is 24.6. The number of hydrogen-bond donors (Lipinski definition) is 0. The highest BCUT2D eigenvalue weighted by Crippen LogP contribution is 2.39. The molecule has 2 aliphatic rings. The minimum Gasteiger partial charge on any atom is -0.480 e. The van der Waals surface area contributed by atoms with E-state index in [-0.39, 0.29) is 6.09 Å². The summed E-state index contributed by atoms with van der Waals surface area (Å²) in [5.41, 5.74) is 4.63. The van der Waals surface area contributed by atoms with Gasteiger partial charge in [0.15, 0.2) is 0 Å². The maximum atomic E-state index is 12.3. The van der Waals surface area contributed by atoms with Crippen LogP contribution in [-0.2, 0) is 11.3 Å². The molecule has 0 radical (unpaired) electrons. The van der Waals surface area contributed by atoms with E-state index < -0.39 is 5.60 Å². The molecule has 1 aromatic carbocycles. The summed E-state index contributed by atoms with van der Waals surface area (Å²) < 4.78 is 16.7. The second-order valence-electron chi connectivity index (χ2n) is 9.62. The van der Waals surface area contributed by atoms with Gasteiger partial charge in [-0.25, -0.2) is 4.79 Å². The van der Waals surface area contributed by atoms with E-state index in [1.807, 2.05) is 32.9 Å². The highest BCUT2D eigenvalue weighted by molar-refractivity contribution is 5.78. The van der Waals surface area contributed by atoms with Crippen LogP contribution in [0.1, 0.15) is 26.3 Å². The van der Waals surface area contributed by atoms with Crippen LogP contribution in [0.15, 0.2) is 42.6 Å². The molecule has 4 heterocycles. The Hall–Kier alpha value is -3.88. The van der Waals surface area contributed by atoms with Crippen molar-refractivity contribution in [3.05, 3.63) is 48.2 Å². The van der Waals surface area contributed by atoms with E-state index >= 15 is 0 Å². The molecule has 9 nitrogen and oxygen atoms in total. The largest absolute Gasteiger partial charge is 0.480 e. The highest BCUT2D eigenvalue weighted by atomic mass is 16.6. The maximum Gasteiger partial charge on any atom is 0.410 e. The molecule has 0 unspecified atom stereocenters. The van der Waals surface area contributed by atoms with E-state index in [0.29, 0.717) is 44.5 Å². The highest BCUT2D eigenvalue weighted by Gasteiger charge is 2.27. The third kappa shape index (κ3) is 4.84. The lowest BCUT2D eigenvalue weighted by molar-refractivity contribution is 0.0240. The summed E-state index contributed by atoms with van der Waals surface area (Å²) in [4.78, 5) is 21.1. The topological polar surface area (TPSA) is 89.9 Å². The fourth-order valence-electron chi connectivity index (χ4n) is 4.27. The number of benzene rings is 1. The van der Waals surface area contributed by atoms with Crippen LogP contribution in [0.4, 0.5) is 10.6 Å². The number of carbonyl (C=O) groups excluding carboxylic acids is 1. The van der Waals surface area contributed by atoms with Gasteiger partial charge in [-0.1, -0.05) is 12.1 Å². The molecule has 0 bridgehead atoms. The number of hydrogen-bond acceptors (Lipinski definition) is 8. The standard InChI is InChI=1S/C26H29N5O4/c1-26(2,3)35-25(32)31-11-9-30(10-12-31)22-8-7-21-20-6-5-17(13-19(20)16-34-24(21)28-22)18-14-23(33-4)29-27-15-18/h5-8,13-15H,9-12,16H2,1-4H3. The van der Waals surface area contributed by atoms with Crippen LogP contribution in [0, 0.1) is 0 Å². The van der Waals surface area contributed by atoms with Crippen molar-refractivity contribution in [3.63, 3.8) is 0 Å². The number of anilines is 1. The van der Waals surface area contributed by atoms with E-state index in [4.69, 9.17) is 19.2 Å². The normalized spacial score (nSPS) is 15.1. The predicted octanol–water partition coefficient (Wildman–Crippen LogP) is 4.16. The Bertz CT molecular complexity index is 1250. The Morgan fingerprint density at radius 1 is 1.00 bits per heavy atom. The van der Waals surface area contributed by atoms with Gasteiger partial charge in [0.1, 0.15) is 18.0 Å². The molecule has 2 aliphatic heterocycles. The van der Waals surface area contributed by atoms with Crippen LogP contribution < -0.4 is 14.4 Å². The molecular formula is C26H29N5O4. The zero-order valence-corrected chi connectivity index (χ0v) is 20.4. The number of methoxy groups -OCH3 is 1. The van der Waals surface area contributed by atoms with Crippen LogP contribution in [-0.4, -0.2) is 65.1 Å². The summed E-state index contributed by atoms with van der Waals surface area (Å²) in [6, 6.07) is 12.2. The lowest BCUT2D eigenvalue weighted by Gasteiger charge is -2.36. The Morgan fingerprint density at radius 3 is 2.51 bits per heavy atom. The second kappa shape index (κ2) is 9.05. The quantitative estimate of drug-likeness (QED) is 0.558. The molecule has 1 amide bonds. The molecule has 0 spiro atoms. The average Bonchev–Trinajstić information content (AvgIpc) is 2.87. The molecule has 35 heavy (non-hydrogen) atoms. The van der Waals surface area contributed by atoms with Crippen LogP contribution in [0.3, 0.4) is 0 Å². The molecule has 1 saturated heterocycles. The summed E-state index contributed by atoms with van der Waals surface area (Å²) in [6.45, 7) is 8.64. The van der Waals surface area contributed by atoms with Crippen LogP contribution >= 0.6 is 0 Å². The van der Waals surface area contributed by atoms with Crippen molar-refractivity contribution in [2.45, 2.75) is 33.0 Å². The molecule has 0 aliphatic carbocycles. The number of ether oxygens (including phenoxy) is 3. The van der Waals surface area contributed by atoms with Gasteiger partial charge in [0.05, 0.1) is 13.3 Å². The third-order valence-electron chi connectivity index (χ3n) is 6.04. The number of piperazine rings is 1. The van der Waals surface area contributed by atoms with Gasteiger partial charge in [-0.15, -0.1) is 5.10 Å². The van der Waals surface area contributed by atoms with Gasteiger partial charge in [0, 0.05) is 43.4 Å². The molecule has 2 aromatic heterocycles. The number of pyridine rings is 1. The van der Waals surface area contributed by atoms with Crippen molar-refractivity contribution >= 4 is 11.9 Å². The predicted molar refractivity (Wildman–Crippen MR) is 132 cm³/mol. The van der Waals surface area contributed by atoms with Gasteiger partial charge in [0.25, 0.3) is 0 Å². The average molecular weight is 476 g/mol. The van der Waals surface area contributed by atoms with E-state index in [0.717, 1.165) is 33.6 Å². The van der Waals surface area contributed by atoms with Crippen molar-refractivity contribution in [2.75, 3.05) is 38.2 Å². The summed E-state index contributed by atoms with van der Waals surface area (Å²) >= 11 is 0. The molecule has 0 atom stereocenters. The zero-order valence-electron chi connectivity index (χ0n) is 20.4. The van der Waals surface area contributed by atoms with E-state index in [1.54, 1.807) is 18.2 Å². The minimum atomic E-state index is -0.495. The summed E-state index contributed by atoms with van der Waals surface area (Å²) in [5.74, 6) is 1.96. The maximum absolute atomic E-state index is 12.3. The van der Waals surface area contributed by atoms with E-state index in [9.17, 15) is 4.79 Å². The number of aromatic nitrogens is 3. The van der Waals surface area contributed by atoms with Crippen molar-refractivity contribution in [1.29, 1.82) is 0 Å². The van der Waals surface area contributed by atoms with E-state index in [2.05, 4.69) is 39.4 Å². The van der Waals surface area contributed by atoms with Crippen molar-refractivity contribution in [1.82, 2.24) is 20.1 Å². The Balaban J connectivity index is 1.31. The number of rotatable bonds is 3. The first-order valence-electron chi connectivity index (χ1n) is 11.7. The fraction of sp³-hybridized carbons (Fsp3) is 0.385. The van der Waals surface area contributed by atoms with Crippen LogP contribution in [0.2, 0.25) is 0 Å². The Labute approximate surface area is 204 Å². The molecule has 182 valence electrons. The summed E-state index contributed by atoms with van der Waals surface area (Å²) in [6.07, 6.45) is 1.45. The van der Waals surface area contributed by atoms with Gasteiger partial charge < -0.3 is 24.0 Å². The Morgan fingerprint density at radius 2 is 1.77 bits per heavy atom. The summed E-state index contributed by atoms with van der Waals surface area (Å²) in [7, 11) is 1.58. The van der Waals surface area contributed by atoms with Gasteiger partial charge in [0.2, 0.25) is 11.8 Å². The number of carbonyl (C=O) groups is 1. The van der Waals surface area contributed by atoms with Gasteiger partial charge in [-0.05, 0) is 55.7 Å². The first-order valence-corrected chi connectivity index (χ1v) is 11.7. The monoisotopic (exact) mass is 475 g/mol. The smallest absolute Gasteiger partial charge is 0.410 e. The van der Waals surface area contributed by atoms with Crippen molar-refractivity contribution < 1.29 is 19.0 Å². The number of nitrogens with zero attached hydrogens (tertiary/aromatic N) is 5. The molecule has 0 N–H and O–H groups in total. The molecule has 9 heteroatoms. The van der Waals surface area contributed by atoms with Crippen LogP contribution in [0.5, 0.6) is 11.8 Å². The molecule has 5 rings (SSSR count). The second-order valence-corrected chi connectivity index (χ2v) is 9.62. The molecular weight excluding hydrogens is 446 g/mol. The lowest BCUT2D eigenvalue weighted by atomic mass is 9.95. The van der Waals surface area contributed by atoms with Crippen LogP contribution in [0.25, 0.3) is 22.3 Å². The third-order valence-corrected chi connectivity index (χ3v) is 6.04. The van der Waals surface area contributed by atoms with Gasteiger partial charge in [-0.3, -0.25) is 0 Å². The fourth-order valence-corrected chi connectivity index (χ4v) is 4.27. The molecule has 0 saturated carbocycles. The first-order chi connectivity index (χ1) is 16.8. The Kier molecular flexibility index (Phi) is 5.92. The molecule has 1 fully saturated rings.